The van der Waals surface area contributed by atoms with Gasteiger partial charge in [-0.25, -0.2) is 8.42 Å². The first-order valence-electron chi connectivity index (χ1n) is 10.0. The highest BCUT2D eigenvalue weighted by Crippen LogP contribution is 2.49. The second kappa shape index (κ2) is 7.96. The predicted octanol–water partition coefficient (Wildman–Crippen LogP) is 3.40. The minimum Gasteiger partial charge on any atom is -0.369 e. The number of hydrogen-bond donors (Lipinski definition) is 0. The SMILES string of the molecule is Cc1c(Cl)sc2c1CCO[C@@]21CCN(Cc2cnn(CCS(C)(=O)=O)c2)[C@@H](C)C1. The van der Waals surface area contributed by atoms with Crippen molar-refractivity contribution in [3.63, 3.8) is 0 Å². The third-order valence-corrected chi connectivity index (χ3v) is 8.92. The molecule has 4 rings (SSSR count). The molecule has 0 unspecified atom stereocenters. The molecule has 1 saturated heterocycles. The zero-order chi connectivity index (χ0) is 20.8. The maximum absolute atomic E-state index is 11.4. The molecule has 0 amide bonds. The normalized spacial score (nSPS) is 25.4. The lowest BCUT2D eigenvalue weighted by Gasteiger charge is -2.47. The van der Waals surface area contributed by atoms with Crippen molar-refractivity contribution in [1.82, 2.24) is 14.7 Å². The standard InChI is InChI=1S/C20H28ClN3O3S2/c1-14-10-20(18-17(4-8-27-20)15(2)19(21)28-18)5-6-23(14)12-16-11-22-24(13-16)7-9-29(3,25)26/h11,13-14H,4-10,12H2,1-3H3/t14-,20+/m0/s1. The summed E-state index contributed by atoms with van der Waals surface area (Å²) < 4.78 is 31.7. The molecule has 160 valence electrons. The Balaban J connectivity index is 1.43. The van der Waals surface area contributed by atoms with Gasteiger partial charge in [-0.3, -0.25) is 9.58 Å². The number of ether oxygens (including phenoxy) is 1. The average Bonchev–Trinajstić information content (AvgIpc) is 3.22. The number of fused-ring (bicyclic) bond motifs is 2. The van der Waals surface area contributed by atoms with Crippen LogP contribution in [0.25, 0.3) is 0 Å². The van der Waals surface area contributed by atoms with Crippen LogP contribution < -0.4 is 0 Å². The molecule has 2 aliphatic heterocycles. The van der Waals surface area contributed by atoms with Crippen molar-refractivity contribution in [3.8, 4) is 0 Å². The first-order chi connectivity index (χ1) is 13.7. The highest BCUT2D eigenvalue weighted by molar-refractivity contribution is 7.90. The van der Waals surface area contributed by atoms with E-state index < -0.39 is 9.84 Å². The molecule has 0 radical (unpaired) electrons. The van der Waals surface area contributed by atoms with Crippen molar-refractivity contribution in [3.05, 3.63) is 38.3 Å². The number of aromatic nitrogens is 2. The minimum atomic E-state index is -2.98. The summed E-state index contributed by atoms with van der Waals surface area (Å²) in [5.74, 6) is 0.110. The van der Waals surface area contributed by atoms with Crippen LogP contribution in [0.2, 0.25) is 4.34 Å². The third kappa shape index (κ3) is 4.42. The summed E-state index contributed by atoms with van der Waals surface area (Å²) in [6.07, 6.45) is 7.93. The first kappa shape index (κ1) is 21.3. The van der Waals surface area contributed by atoms with Gasteiger partial charge in [-0.1, -0.05) is 11.6 Å². The van der Waals surface area contributed by atoms with E-state index in [1.807, 2.05) is 12.4 Å². The van der Waals surface area contributed by atoms with Gasteiger partial charge < -0.3 is 4.74 Å². The molecule has 2 aromatic rings. The molecule has 2 aromatic heterocycles. The highest BCUT2D eigenvalue weighted by atomic mass is 35.5. The summed E-state index contributed by atoms with van der Waals surface area (Å²) in [5.41, 5.74) is 3.54. The number of rotatable bonds is 5. The van der Waals surface area contributed by atoms with Gasteiger partial charge >= 0.3 is 0 Å². The Morgan fingerprint density at radius 2 is 2.24 bits per heavy atom. The Morgan fingerprint density at radius 1 is 1.45 bits per heavy atom. The Kier molecular flexibility index (Phi) is 5.85. The first-order valence-corrected chi connectivity index (χ1v) is 13.3. The smallest absolute Gasteiger partial charge is 0.149 e. The van der Waals surface area contributed by atoms with E-state index in [2.05, 4.69) is 23.8 Å². The Labute approximate surface area is 181 Å². The summed E-state index contributed by atoms with van der Waals surface area (Å²) in [6.45, 7) is 7.30. The van der Waals surface area contributed by atoms with E-state index in [9.17, 15) is 8.42 Å². The minimum absolute atomic E-state index is 0.110. The van der Waals surface area contributed by atoms with Gasteiger partial charge in [0.15, 0.2) is 0 Å². The fraction of sp³-hybridized carbons (Fsp3) is 0.650. The van der Waals surface area contributed by atoms with Crippen molar-refractivity contribution in [2.75, 3.05) is 25.2 Å². The van der Waals surface area contributed by atoms with Gasteiger partial charge in [0.05, 0.1) is 29.4 Å². The van der Waals surface area contributed by atoms with Crippen molar-refractivity contribution < 1.29 is 13.2 Å². The molecule has 2 atom stereocenters. The number of halogens is 1. The molecule has 0 saturated carbocycles. The van der Waals surface area contributed by atoms with E-state index in [-0.39, 0.29) is 11.4 Å². The zero-order valence-corrected chi connectivity index (χ0v) is 19.5. The van der Waals surface area contributed by atoms with Crippen LogP contribution in [0.5, 0.6) is 0 Å². The molecule has 0 aliphatic carbocycles. The summed E-state index contributed by atoms with van der Waals surface area (Å²) in [6, 6.07) is 0.371. The van der Waals surface area contributed by atoms with Gasteiger partial charge in [-0.05, 0) is 44.2 Å². The molecule has 1 fully saturated rings. The molecule has 0 bridgehead atoms. The van der Waals surface area contributed by atoms with E-state index in [1.165, 1.54) is 22.3 Å². The maximum atomic E-state index is 11.4. The van der Waals surface area contributed by atoms with Crippen LogP contribution in [-0.4, -0.2) is 54.3 Å². The van der Waals surface area contributed by atoms with Gasteiger partial charge in [0.25, 0.3) is 0 Å². The molecule has 4 heterocycles. The van der Waals surface area contributed by atoms with Crippen molar-refractivity contribution in [1.29, 1.82) is 0 Å². The monoisotopic (exact) mass is 457 g/mol. The number of piperidine rings is 1. The number of hydrogen-bond acceptors (Lipinski definition) is 6. The third-order valence-electron chi connectivity index (χ3n) is 6.17. The molecule has 6 nitrogen and oxygen atoms in total. The van der Waals surface area contributed by atoms with Crippen LogP contribution in [0.1, 0.15) is 41.3 Å². The Bertz CT molecular complexity index is 1000. The van der Waals surface area contributed by atoms with Crippen LogP contribution in [-0.2, 0) is 39.7 Å². The average molecular weight is 458 g/mol. The van der Waals surface area contributed by atoms with E-state index in [1.54, 1.807) is 16.0 Å². The fourth-order valence-corrected chi connectivity index (χ4v) is 6.66. The van der Waals surface area contributed by atoms with E-state index >= 15 is 0 Å². The van der Waals surface area contributed by atoms with Crippen LogP contribution >= 0.6 is 22.9 Å². The lowest BCUT2D eigenvalue weighted by molar-refractivity contribution is -0.110. The quantitative estimate of drug-likeness (QED) is 0.688. The van der Waals surface area contributed by atoms with Crippen LogP contribution in [0.15, 0.2) is 12.4 Å². The zero-order valence-electron chi connectivity index (χ0n) is 17.1. The Morgan fingerprint density at radius 3 is 2.97 bits per heavy atom. The van der Waals surface area contributed by atoms with Gasteiger partial charge in [0.2, 0.25) is 0 Å². The van der Waals surface area contributed by atoms with Gasteiger partial charge in [-0.15, -0.1) is 11.3 Å². The van der Waals surface area contributed by atoms with E-state index in [4.69, 9.17) is 16.3 Å². The molecule has 9 heteroatoms. The summed E-state index contributed by atoms with van der Waals surface area (Å²) in [4.78, 5) is 3.80. The van der Waals surface area contributed by atoms with Crippen molar-refractivity contribution in [2.45, 2.75) is 57.8 Å². The number of sulfone groups is 1. The van der Waals surface area contributed by atoms with Crippen LogP contribution in [0.3, 0.4) is 0 Å². The second-order valence-corrected chi connectivity index (χ2v) is 12.3. The Hall–Kier alpha value is -0.930. The molecule has 2 aliphatic rings. The summed E-state index contributed by atoms with van der Waals surface area (Å²) >= 11 is 8.16. The molecule has 29 heavy (non-hydrogen) atoms. The molecule has 0 N–H and O–H groups in total. The van der Waals surface area contributed by atoms with E-state index in [0.29, 0.717) is 12.6 Å². The van der Waals surface area contributed by atoms with Gasteiger partial charge in [-0.2, -0.15) is 5.10 Å². The van der Waals surface area contributed by atoms with Crippen molar-refractivity contribution in [2.24, 2.45) is 0 Å². The molecular weight excluding hydrogens is 430 g/mol. The lowest BCUT2D eigenvalue weighted by Crippen LogP contribution is -2.50. The van der Waals surface area contributed by atoms with Crippen molar-refractivity contribution >= 4 is 32.8 Å². The highest BCUT2D eigenvalue weighted by Gasteiger charge is 2.45. The molecule has 0 aromatic carbocycles. The maximum Gasteiger partial charge on any atom is 0.149 e. The fourth-order valence-electron chi connectivity index (χ4n) is 4.53. The number of thiophene rings is 1. The predicted molar refractivity (Wildman–Crippen MR) is 116 cm³/mol. The van der Waals surface area contributed by atoms with E-state index in [0.717, 1.165) is 48.9 Å². The van der Waals surface area contributed by atoms with Gasteiger partial charge in [0.1, 0.15) is 15.4 Å². The number of likely N-dealkylation sites (tertiary alicyclic amines) is 1. The summed E-state index contributed by atoms with van der Waals surface area (Å²) in [7, 11) is -2.98. The largest absolute Gasteiger partial charge is 0.369 e. The van der Waals surface area contributed by atoms with Gasteiger partial charge in [0, 0.05) is 42.0 Å². The summed E-state index contributed by atoms with van der Waals surface area (Å²) in [5, 5.41) is 4.32. The van der Waals surface area contributed by atoms with Crippen LogP contribution in [0, 0.1) is 6.92 Å². The second-order valence-electron chi connectivity index (χ2n) is 8.42. The topological polar surface area (TPSA) is 64.4 Å². The molecular formula is C20H28ClN3O3S2. The lowest BCUT2D eigenvalue weighted by atomic mass is 9.81. The number of nitrogens with zero attached hydrogens (tertiary/aromatic N) is 3. The number of aryl methyl sites for hydroxylation is 1. The molecule has 1 spiro atoms. The van der Waals surface area contributed by atoms with Crippen LogP contribution in [0.4, 0.5) is 0 Å².